The lowest BCUT2D eigenvalue weighted by atomic mass is 10.1. The molecule has 3 N–H and O–H groups in total. The average Bonchev–Trinajstić information content (AvgIpc) is 3.15. The highest BCUT2D eigenvalue weighted by atomic mass is 32.2. The summed E-state index contributed by atoms with van der Waals surface area (Å²) in [6, 6.07) is 10.2. The van der Waals surface area contributed by atoms with Crippen LogP contribution in [0.4, 0.5) is 0 Å². The number of carbonyl (C=O) groups is 1. The van der Waals surface area contributed by atoms with Crippen LogP contribution in [-0.2, 0) is 4.79 Å². The van der Waals surface area contributed by atoms with Gasteiger partial charge in [-0.2, -0.15) is 0 Å². The Morgan fingerprint density at radius 3 is 2.80 bits per heavy atom. The maximum absolute atomic E-state index is 10.6. The minimum absolute atomic E-state index is 0.0673. The molecule has 0 spiro atoms. The molecule has 1 aromatic carbocycles. The molecular weight excluding hydrogens is 276 g/mol. The lowest BCUT2D eigenvalue weighted by molar-refractivity contribution is -0.133. The highest BCUT2D eigenvalue weighted by Crippen LogP contribution is 2.53. The summed E-state index contributed by atoms with van der Waals surface area (Å²) in [5.41, 5.74) is 1.28. The van der Waals surface area contributed by atoms with Crippen molar-refractivity contribution in [2.75, 3.05) is 11.6 Å². The number of benzene rings is 1. The normalized spacial score (nSPS) is 20.8. The second-order valence-corrected chi connectivity index (χ2v) is 5.70. The summed E-state index contributed by atoms with van der Waals surface area (Å²) in [5.74, 6) is 6.42. The van der Waals surface area contributed by atoms with Crippen molar-refractivity contribution >= 4 is 17.7 Å². The summed E-state index contributed by atoms with van der Waals surface area (Å²) in [4.78, 5) is 10.6. The van der Waals surface area contributed by atoms with Crippen LogP contribution in [0.2, 0.25) is 0 Å². The van der Waals surface area contributed by atoms with Gasteiger partial charge in [-0.1, -0.05) is 42.1 Å². The molecule has 0 aliphatic heterocycles. The molecule has 2 unspecified atom stereocenters. The molecule has 1 aliphatic carbocycles. The van der Waals surface area contributed by atoms with Gasteiger partial charge in [-0.25, -0.2) is 4.68 Å². The van der Waals surface area contributed by atoms with Crippen molar-refractivity contribution in [1.29, 1.82) is 0 Å². The third kappa shape index (κ3) is 2.49. The molecule has 0 amide bonds. The van der Waals surface area contributed by atoms with Crippen molar-refractivity contribution in [2.45, 2.75) is 23.4 Å². The van der Waals surface area contributed by atoms with E-state index in [9.17, 15) is 4.79 Å². The molecule has 20 heavy (non-hydrogen) atoms. The van der Waals surface area contributed by atoms with E-state index < -0.39 is 5.97 Å². The number of aromatic nitrogens is 3. The van der Waals surface area contributed by atoms with E-state index in [4.69, 9.17) is 10.9 Å². The fraction of sp³-hybridized carbons (Fsp3) is 0.308. The molecule has 1 aliphatic rings. The Balaban J connectivity index is 1.72. The molecule has 0 bridgehead atoms. The number of carboxylic acid groups (broad SMARTS) is 1. The number of hydrogen-bond donors (Lipinski definition) is 2. The van der Waals surface area contributed by atoms with Gasteiger partial charge in [-0.05, 0) is 17.9 Å². The molecule has 1 aromatic heterocycles. The van der Waals surface area contributed by atoms with E-state index in [0.29, 0.717) is 11.1 Å². The van der Waals surface area contributed by atoms with Gasteiger partial charge in [0.25, 0.3) is 0 Å². The summed E-state index contributed by atoms with van der Waals surface area (Å²) in [7, 11) is 0. The molecule has 0 saturated heterocycles. The van der Waals surface area contributed by atoms with E-state index in [1.807, 2.05) is 18.2 Å². The average molecular weight is 290 g/mol. The molecule has 0 radical (unpaired) electrons. The van der Waals surface area contributed by atoms with Crippen LogP contribution in [0.3, 0.4) is 0 Å². The summed E-state index contributed by atoms with van der Waals surface area (Å²) in [6.07, 6.45) is 1.00. The van der Waals surface area contributed by atoms with Gasteiger partial charge in [-0.3, -0.25) is 4.79 Å². The predicted octanol–water partition coefficient (Wildman–Crippen LogP) is 1.44. The molecule has 3 rings (SSSR count). The van der Waals surface area contributed by atoms with Crippen molar-refractivity contribution in [3.63, 3.8) is 0 Å². The van der Waals surface area contributed by atoms with Gasteiger partial charge < -0.3 is 10.9 Å². The quantitative estimate of drug-likeness (QED) is 0.639. The summed E-state index contributed by atoms with van der Waals surface area (Å²) >= 11 is 1.08. The fourth-order valence-corrected chi connectivity index (χ4v) is 2.90. The molecule has 7 heteroatoms. The Kier molecular flexibility index (Phi) is 3.35. The summed E-state index contributed by atoms with van der Waals surface area (Å²) in [6.45, 7) is 0. The van der Waals surface area contributed by atoms with E-state index in [1.54, 1.807) is 0 Å². The number of rotatable bonds is 5. The van der Waals surface area contributed by atoms with Gasteiger partial charge in [0.15, 0.2) is 5.82 Å². The topological polar surface area (TPSA) is 94.0 Å². The number of hydrogen-bond acceptors (Lipinski definition) is 5. The van der Waals surface area contributed by atoms with Crippen molar-refractivity contribution in [3.8, 4) is 0 Å². The minimum Gasteiger partial charge on any atom is -0.481 e. The SMILES string of the molecule is Nn1c(SCC(=O)O)nnc1C1CC1c1ccccc1. The highest BCUT2D eigenvalue weighted by Gasteiger charge is 2.43. The first kappa shape index (κ1) is 13.0. The summed E-state index contributed by atoms with van der Waals surface area (Å²) < 4.78 is 1.42. The fourth-order valence-electron chi connectivity index (χ4n) is 2.31. The van der Waals surface area contributed by atoms with E-state index in [2.05, 4.69) is 22.3 Å². The number of thioether (sulfide) groups is 1. The first-order valence-electron chi connectivity index (χ1n) is 6.26. The molecule has 6 nitrogen and oxygen atoms in total. The first-order valence-corrected chi connectivity index (χ1v) is 7.25. The Morgan fingerprint density at radius 2 is 2.10 bits per heavy atom. The molecule has 1 heterocycles. The van der Waals surface area contributed by atoms with Crippen molar-refractivity contribution in [2.24, 2.45) is 0 Å². The van der Waals surface area contributed by atoms with Gasteiger partial charge >= 0.3 is 5.97 Å². The van der Waals surface area contributed by atoms with E-state index in [0.717, 1.165) is 24.0 Å². The van der Waals surface area contributed by atoms with Crippen molar-refractivity contribution < 1.29 is 9.90 Å². The molecule has 1 saturated carbocycles. The van der Waals surface area contributed by atoms with Gasteiger partial charge in [0.2, 0.25) is 5.16 Å². The summed E-state index contributed by atoms with van der Waals surface area (Å²) in [5, 5.41) is 17.2. The Hall–Kier alpha value is -2.02. The van der Waals surface area contributed by atoms with E-state index in [1.165, 1.54) is 10.2 Å². The standard InChI is InChI=1S/C13H14N4O2S/c14-17-12(15-16-13(17)20-7-11(18)19)10-6-9(10)8-4-2-1-3-5-8/h1-5,9-10H,6-7,14H2,(H,18,19). The second kappa shape index (κ2) is 5.16. The van der Waals surface area contributed by atoms with Crippen LogP contribution >= 0.6 is 11.8 Å². The highest BCUT2D eigenvalue weighted by molar-refractivity contribution is 7.99. The van der Waals surface area contributed by atoms with Crippen molar-refractivity contribution in [3.05, 3.63) is 41.7 Å². The second-order valence-electron chi connectivity index (χ2n) is 4.75. The zero-order chi connectivity index (χ0) is 14.1. The first-order chi connectivity index (χ1) is 9.66. The third-order valence-corrected chi connectivity index (χ3v) is 4.29. The zero-order valence-electron chi connectivity index (χ0n) is 10.6. The lowest BCUT2D eigenvalue weighted by Crippen LogP contribution is -2.14. The van der Waals surface area contributed by atoms with Gasteiger partial charge in [0.05, 0.1) is 5.75 Å². The zero-order valence-corrected chi connectivity index (χ0v) is 11.5. The minimum atomic E-state index is -0.895. The van der Waals surface area contributed by atoms with Gasteiger partial charge in [0.1, 0.15) is 0 Å². The van der Waals surface area contributed by atoms with Crippen LogP contribution < -0.4 is 5.84 Å². The number of aliphatic carboxylic acids is 1. The Labute approximate surface area is 120 Å². The van der Waals surface area contributed by atoms with E-state index >= 15 is 0 Å². The monoisotopic (exact) mass is 290 g/mol. The van der Waals surface area contributed by atoms with Gasteiger partial charge in [0, 0.05) is 5.92 Å². The maximum atomic E-state index is 10.6. The molecular formula is C13H14N4O2S. The predicted molar refractivity (Wildman–Crippen MR) is 75.1 cm³/mol. The van der Waals surface area contributed by atoms with Crippen LogP contribution in [0.25, 0.3) is 0 Å². The Morgan fingerprint density at radius 1 is 1.35 bits per heavy atom. The smallest absolute Gasteiger partial charge is 0.313 e. The number of nitrogen functional groups attached to an aromatic ring is 1. The van der Waals surface area contributed by atoms with Crippen LogP contribution in [0.15, 0.2) is 35.5 Å². The largest absolute Gasteiger partial charge is 0.481 e. The molecule has 2 aromatic rings. The van der Waals surface area contributed by atoms with Crippen LogP contribution in [0.5, 0.6) is 0 Å². The van der Waals surface area contributed by atoms with Gasteiger partial charge in [-0.15, -0.1) is 10.2 Å². The lowest BCUT2D eigenvalue weighted by Gasteiger charge is -2.02. The van der Waals surface area contributed by atoms with E-state index in [-0.39, 0.29) is 11.7 Å². The number of nitrogens with two attached hydrogens (primary N) is 1. The third-order valence-electron chi connectivity index (χ3n) is 3.37. The van der Waals surface area contributed by atoms with Crippen LogP contribution in [0.1, 0.15) is 29.6 Å². The molecule has 1 fully saturated rings. The van der Waals surface area contributed by atoms with Crippen molar-refractivity contribution in [1.82, 2.24) is 14.9 Å². The Bertz CT molecular complexity index is 629. The van der Waals surface area contributed by atoms with Crippen LogP contribution in [0, 0.1) is 0 Å². The number of carboxylic acids is 1. The maximum Gasteiger partial charge on any atom is 0.313 e. The molecule has 2 atom stereocenters. The number of nitrogens with zero attached hydrogens (tertiary/aromatic N) is 3. The van der Waals surface area contributed by atoms with Crippen LogP contribution in [-0.4, -0.2) is 31.7 Å². The molecule has 104 valence electrons.